The molecule has 0 radical (unpaired) electrons. The lowest BCUT2D eigenvalue weighted by molar-refractivity contribution is -0.132. The summed E-state index contributed by atoms with van der Waals surface area (Å²) in [5.41, 5.74) is 7.78. The van der Waals surface area contributed by atoms with Crippen molar-refractivity contribution in [1.29, 1.82) is 0 Å². The second kappa shape index (κ2) is 4.56. The largest absolute Gasteiger partial charge is 0.390 e. The van der Waals surface area contributed by atoms with Gasteiger partial charge < -0.3 is 10.6 Å². The van der Waals surface area contributed by atoms with Crippen molar-refractivity contribution >= 4 is 5.69 Å². The Morgan fingerprint density at radius 1 is 1.29 bits per heavy atom. The predicted octanol–water partition coefficient (Wildman–Crippen LogP) is 2.33. The molecular weight excluding hydrogens is 229 g/mol. The summed E-state index contributed by atoms with van der Waals surface area (Å²) < 4.78 is 36.7. The zero-order valence-electron chi connectivity index (χ0n) is 9.37. The number of para-hydroxylation sites is 1. The fourth-order valence-electron chi connectivity index (χ4n) is 2.19. The van der Waals surface area contributed by atoms with Crippen molar-refractivity contribution in [1.82, 2.24) is 0 Å². The van der Waals surface area contributed by atoms with Crippen LogP contribution in [0.1, 0.15) is 12.0 Å². The van der Waals surface area contributed by atoms with Crippen LogP contribution >= 0.6 is 0 Å². The van der Waals surface area contributed by atoms with Crippen molar-refractivity contribution in [2.24, 2.45) is 5.73 Å². The standard InChI is InChI=1S/C12H15F3N2/c13-12(14,15)5-6-17-8-10(16)7-9-3-1-2-4-11(9)17/h1-4,10H,5-8,16H2. The molecule has 0 aliphatic carbocycles. The van der Waals surface area contributed by atoms with Gasteiger partial charge >= 0.3 is 6.18 Å². The summed E-state index contributed by atoms with van der Waals surface area (Å²) in [4.78, 5) is 1.73. The average Bonchev–Trinajstić information content (AvgIpc) is 2.24. The Labute approximate surface area is 98.2 Å². The van der Waals surface area contributed by atoms with Crippen LogP contribution in [0.25, 0.3) is 0 Å². The fraction of sp³-hybridized carbons (Fsp3) is 0.500. The summed E-state index contributed by atoms with van der Waals surface area (Å²) in [6, 6.07) is 7.43. The Morgan fingerprint density at radius 2 is 2.00 bits per heavy atom. The van der Waals surface area contributed by atoms with E-state index in [0.29, 0.717) is 6.54 Å². The Kier molecular flexibility index (Phi) is 3.28. The first-order valence-corrected chi connectivity index (χ1v) is 5.61. The molecule has 5 heteroatoms. The van der Waals surface area contributed by atoms with E-state index in [1.165, 1.54) is 0 Å². The van der Waals surface area contributed by atoms with E-state index in [1.807, 2.05) is 24.3 Å². The Hall–Kier alpha value is -1.23. The van der Waals surface area contributed by atoms with Crippen LogP contribution in [0.2, 0.25) is 0 Å². The molecule has 0 saturated carbocycles. The molecule has 94 valence electrons. The van der Waals surface area contributed by atoms with Gasteiger partial charge in [-0.25, -0.2) is 0 Å². The lowest BCUT2D eigenvalue weighted by Gasteiger charge is -2.34. The Balaban J connectivity index is 2.13. The van der Waals surface area contributed by atoms with E-state index in [4.69, 9.17) is 5.73 Å². The van der Waals surface area contributed by atoms with Gasteiger partial charge in [0.15, 0.2) is 0 Å². The van der Waals surface area contributed by atoms with Gasteiger partial charge in [-0.05, 0) is 18.1 Å². The number of fused-ring (bicyclic) bond motifs is 1. The fourth-order valence-corrected chi connectivity index (χ4v) is 2.19. The van der Waals surface area contributed by atoms with Crippen molar-refractivity contribution in [3.63, 3.8) is 0 Å². The third kappa shape index (κ3) is 3.12. The van der Waals surface area contributed by atoms with Crippen molar-refractivity contribution in [2.75, 3.05) is 18.0 Å². The molecule has 0 bridgehead atoms. The molecule has 2 nitrogen and oxygen atoms in total. The highest BCUT2D eigenvalue weighted by Crippen LogP contribution is 2.28. The first-order chi connectivity index (χ1) is 7.96. The second-order valence-corrected chi connectivity index (χ2v) is 4.40. The molecule has 1 aromatic rings. The van der Waals surface area contributed by atoms with Gasteiger partial charge in [-0.3, -0.25) is 0 Å². The highest BCUT2D eigenvalue weighted by molar-refractivity contribution is 5.56. The third-order valence-corrected chi connectivity index (χ3v) is 2.93. The summed E-state index contributed by atoms with van der Waals surface area (Å²) in [6.45, 7) is 0.474. The molecule has 1 aliphatic rings. The lowest BCUT2D eigenvalue weighted by Crippen LogP contribution is -2.44. The van der Waals surface area contributed by atoms with Crippen molar-refractivity contribution in [2.45, 2.75) is 25.1 Å². The van der Waals surface area contributed by atoms with Crippen LogP contribution in [0.5, 0.6) is 0 Å². The van der Waals surface area contributed by atoms with E-state index in [-0.39, 0.29) is 12.6 Å². The van der Waals surface area contributed by atoms with Crippen LogP contribution in [-0.4, -0.2) is 25.3 Å². The van der Waals surface area contributed by atoms with E-state index in [0.717, 1.165) is 17.7 Å². The molecule has 0 fully saturated rings. The number of rotatable bonds is 2. The van der Waals surface area contributed by atoms with Crippen LogP contribution in [0.15, 0.2) is 24.3 Å². The Morgan fingerprint density at radius 3 is 2.71 bits per heavy atom. The maximum Gasteiger partial charge on any atom is 0.390 e. The topological polar surface area (TPSA) is 29.3 Å². The molecule has 2 N–H and O–H groups in total. The van der Waals surface area contributed by atoms with Gasteiger partial charge in [0.2, 0.25) is 0 Å². The molecule has 1 unspecified atom stereocenters. The monoisotopic (exact) mass is 244 g/mol. The highest BCUT2D eigenvalue weighted by Gasteiger charge is 2.30. The molecule has 0 amide bonds. The van der Waals surface area contributed by atoms with Crippen LogP contribution in [-0.2, 0) is 6.42 Å². The first-order valence-electron chi connectivity index (χ1n) is 5.61. The molecule has 2 rings (SSSR count). The van der Waals surface area contributed by atoms with Crippen molar-refractivity contribution in [3.05, 3.63) is 29.8 Å². The van der Waals surface area contributed by atoms with E-state index in [2.05, 4.69) is 0 Å². The minimum Gasteiger partial charge on any atom is -0.369 e. The maximum atomic E-state index is 12.2. The minimum atomic E-state index is -4.11. The SMILES string of the molecule is NC1Cc2ccccc2N(CCC(F)(F)F)C1. The van der Waals surface area contributed by atoms with Gasteiger partial charge in [-0.1, -0.05) is 18.2 Å². The third-order valence-electron chi connectivity index (χ3n) is 2.93. The number of hydrogen-bond acceptors (Lipinski definition) is 2. The Bertz CT molecular complexity index is 390. The van der Waals surface area contributed by atoms with Gasteiger partial charge in [0.25, 0.3) is 0 Å². The number of benzene rings is 1. The van der Waals surface area contributed by atoms with Gasteiger partial charge in [-0.15, -0.1) is 0 Å². The second-order valence-electron chi connectivity index (χ2n) is 4.40. The van der Waals surface area contributed by atoms with Crippen molar-refractivity contribution in [3.8, 4) is 0 Å². The van der Waals surface area contributed by atoms with E-state index < -0.39 is 12.6 Å². The van der Waals surface area contributed by atoms with E-state index >= 15 is 0 Å². The summed E-state index contributed by atoms with van der Waals surface area (Å²) in [6.07, 6.45) is -4.18. The molecular formula is C12H15F3N2. The maximum absolute atomic E-state index is 12.2. The molecule has 1 aromatic carbocycles. The minimum absolute atomic E-state index is 0.0196. The highest BCUT2D eigenvalue weighted by atomic mass is 19.4. The number of hydrogen-bond donors (Lipinski definition) is 1. The number of nitrogens with zero attached hydrogens (tertiary/aromatic N) is 1. The predicted molar refractivity (Wildman–Crippen MR) is 61.0 cm³/mol. The van der Waals surface area contributed by atoms with E-state index in [9.17, 15) is 13.2 Å². The number of halogens is 3. The quantitative estimate of drug-likeness (QED) is 0.865. The van der Waals surface area contributed by atoms with Crippen LogP contribution < -0.4 is 10.6 Å². The zero-order valence-corrected chi connectivity index (χ0v) is 9.37. The summed E-state index contributed by atoms with van der Waals surface area (Å²) in [5, 5.41) is 0. The molecule has 1 atom stereocenters. The number of alkyl halides is 3. The molecule has 17 heavy (non-hydrogen) atoms. The molecule has 0 spiro atoms. The average molecular weight is 244 g/mol. The summed E-state index contributed by atoms with van der Waals surface area (Å²) in [7, 11) is 0. The summed E-state index contributed by atoms with van der Waals surface area (Å²) >= 11 is 0. The number of nitrogens with two attached hydrogens (primary N) is 1. The van der Waals surface area contributed by atoms with Crippen LogP contribution in [0, 0.1) is 0 Å². The molecule has 0 aromatic heterocycles. The smallest absolute Gasteiger partial charge is 0.369 e. The first kappa shape index (κ1) is 12.2. The zero-order chi connectivity index (χ0) is 12.5. The van der Waals surface area contributed by atoms with Crippen molar-refractivity contribution < 1.29 is 13.2 Å². The molecule has 1 aliphatic heterocycles. The lowest BCUT2D eigenvalue weighted by atomic mass is 9.98. The molecule has 0 saturated heterocycles. The van der Waals surface area contributed by atoms with Crippen LogP contribution in [0.4, 0.5) is 18.9 Å². The van der Waals surface area contributed by atoms with Gasteiger partial charge in [0, 0.05) is 24.8 Å². The van der Waals surface area contributed by atoms with Gasteiger partial charge in [0.05, 0.1) is 6.42 Å². The van der Waals surface area contributed by atoms with E-state index in [1.54, 1.807) is 4.90 Å². The number of anilines is 1. The summed E-state index contributed by atoms with van der Waals surface area (Å²) in [5.74, 6) is 0. The van der Waals surface area contributed by atoms with Gasteiger partial charge in [-0.2, -0.15) is 13.2 Å². The normalized spacial score (nSPS) is 20.2. The van der Waals surface area contributed by atoms with Gasteiger partial charge in [0.1, 0.15) is 0 Å². The molecule has 1 heterocycles. The van der Waals surface area contributed by atoms with Crippen LogP contribution in [0.3, 0.4) is 0 Å².